The number of carbonyl (C=O) groups is 3. The van der Waals surface area contributed by atoms with Gasteiger partial charge in [-0.25, -0.2) is 4.79 Å². The molecule has 0 saturated carbocycles. The van der Waals surface area contributed by atoms with E-state index in [1.807, 2.05) is 0 Å². The zero-order valence-corrected chi connectivity index (χ0v) is 13.6. The van der Waals surface area contributed by atoms with Crippen LogP contribution in [0.2, 0.25) is 0 Å². The largest absolute Gasteiger partial charge is 0.454 e. The Morgan fingerprint density at radius 3 is 2.65 bits per heavy atom. The molecule has 130 valence electrons. The van der Waals surface area contributed by atoms with Crippen LogP contribution in [-0.2, 0) is 0 Å². The van der Waals surface area contributed by atoms with E-state index in [2.05, 4.69) is 6.58 Å². The van der Waals surface area contributed by atoms with Gasteiger partial charge >= 0.3 is 5.97 Å². The van der Waals surface area contributed by atoms with Gasteiger partial charge in [0, 0.05) is 12.6 Å². The van der Waals surface area contributed by atoms with Crippen molar-refractivity contribution in [3.63, 3.8) is 0 Å². The van der Waals surface area contributed by atoms with Crippen molar-refractivity contribution in [2.24, 2.45) is 0 Å². The molecule has 2 aliphatic heterocycles. The van der Waals surface area contributed by atoms with Crippen molar-refractivity contribution in [2.75, 3.05) is 13.3 Å². The van der Waals surface area contributed by atoms with Gasteiger partial charge in [-0.1, -0.05) is 6.08 Å². The Morgan fingerprint density at radius 1 is 1.08 bits per heavy atom. The molecule has 26 heavy (non-hydrogen) atoms. The number of fused-ring (bicyclic) bond motifs is 2. The second-order valence-electron chi connectivity index (χ2n) is 5.67. The lowest BCUT2D eigenvalue weighted by Gasteiger charge is -2.09. The van der Waals surface area contributed by atoms with E-state index >= 15 is 0 Å². The second kappa shape index (κ2) is 6.03. The molecule has 7 heteroatoms. The Bertz CT molecular complexity index is 964. The van der Waals surface area contributed by atoms with Crippen LogP contribution in [0.3, 0.4) is 0 Å². The van der Waals surface area contributed by atoms with E-state index in [1.54, 1.807) is 18.2 Å². The molecule has 2 aromatic rings. The van der Waals surface area contributed by atoms with Gasteiger partial charge in [-0.15, -0.1) is 6.58 Å². The van der Waals surface area contributed by atoms with E-state index in [1.165, 1.54) is 24.3 Å². The van der Waals surface area contributed by atoms with Crippen LogP contribution in [0.15, 0.2) is 49.1 Å². The maximum atomic E-state index is 12.4. The zero-order valence-electron chi connectivity index (χ0n) is 13.6. The van der Waals surface area contributed by atoms with Crippen LogP contribution >= 0.6 is 0 Å². The number of nitrogens with zero attached hydrogens (tertiary/aromatic N) is 1. The fourth-order valence-corrected chi connectivity index (χ4v) is 2.82. The smallest absolute Gasteiger partial charge is 0.343 e. The molecule has 0 N–H and O–H groups in total. The van der Waals surface area contributed by atoms with Crippen LogP contribution in [0.4, 0.5) is 0 Å². The summed E-state index contributed by atoms with van der Waals surface area (Å²) in [5, 5.41) is 0. The molecule has 0 unspecified atom stereocenters. The number of rotatable bonds is 4. The first-order valence-corrected chi connectivity index (χ1v) is 7.81. The lowest BCUT2D eigenvalue weighted by molar-refractivity contribution is 0.0671. The third kappa shape index (κ3) is 2.50. The van der Waals surface area contributed by atoms with E-state index in [-0.39, 0.29) is 35.8 Å². The van der Waals surface area contributed by atoms with Crippen LogP contribution in [0, 0.1) is 0 Å². The monoisotopic (exact) mass is 351 g/mol. The van der Waals surface area contributed by atoms with E-state index in [4.69, 9.17) is 14.2 Å². The SMILES string of the molecule is C=CCN1C(=O)c2ccc(C(=O)Oc3ccc4c(c3)OCO4)cc2C1=O. The number of hydrogen-bond acceptors (Lipinski definition) is 6. The molecular formula is C19H13NO6. The van der Waals surface area contributed by atoms with Gasteiger partial charge in [0.2, 0.25) is 6.79 Å². The summed E-state index contributed by atoms with van der Waals surface area (Å²) in [6.07, 6.45) is 1.47. The molecule has 2 aliphatic rings. The van der Waals surface area contributed by atoms with Crippen molar-refractivity contribution in [1.29, 1.82) is 0 Å². The second-order valence-corrected chi connectivity index (χ2v) is 5.67. The lowest BCUT2D eigenvalue weighted by Crippen LogP contribution is -2.29. The van der Waals surface area contributed by atoms with Gasteiger partial charge in [0.25, 0.3) is 11.8 Å². The molecule has 0 aliphatic carbocycles. The number of amides is 2. The Morgan fingerprint density at radius 2 is 1.85 bits per heavy atom. The molecule has 0 aromatic heterocycles. The summed E-state index contributed by atoms with van der Waals surface area (Å²) in [7, 11) is 0. The normalized spacial score (nSPS) is 14.4. The fourth-order valence-electron chi connectivity index (χ4n) is 2.82. The molecule has 0 atom stereocenters. The lowest BCUT2D eigenvalue weighted by atomic mass is 10.1. The first-order valence-electron chi connectivity index (χ1n) is 7.81. The van der Waals surface area contributed by atoms with Crippen molar-refractivity contribution in [2.45, 2.75) is 0 Å². The average Bonchev–Trinajstić information content (AvgIpc) is 3.20. The van der Waals surface area contributed by atoms with Crippen LogP contribution in [0.25, 0.3) is 0 Å². The van der Waals surface area contributed by atoms with E-state index in [0.717, 1.165) is 4.90 Å². The molecular weight excluding hydrogens is 338 g/mol. The minimum Gasteiger partial charge on any atom is -0.454 e. The maximum Gasteiger partial charge on any atom is 0.343 e. The summed E-state index contributed by atoms with van der Waals surface area (Å²) in [5.74, 6) is -0.147. The van der Waals surface area contributed by atoms with Crippen molar-refractivity contribution in [1.82, 2.24) is 4.90 Å². The molecule has 0 fully saturated rings. The molecule has 2 aromatic carbocycles. The first kappa shape index (κ1) is 15.9. The Kier molecular flexibility index (Phi) is 3.69. The van der Waals surface area contributed by atoms with Gasteiger partial charge in [-0.3, -0.25) is 14.5 Å². The summed E-state index contributed by atoms with van der Waals surface area (Å²) in [5.41, 5.74) is 0.608. The highest BCUT2D eigenvalue weighted by atomic mass is 16.7. The Hall–Kier alpha value is -3.61. The van der Waals surface area contributed by atoms with Gasteiger partial charge in [-0.2, -0.15) is 0 Å². The van der Waals surface area contributed by atoms with E-state index in [0.29, 0.717) is 11.5 Å². The standard InChI is InChI=1S/C19H13NO6/c1-2-7-20-17(21)13-5-3-11(8-14(13)18(20)22)19(23)26-12-4-6-15-16(9-12)25-10-24-15/h2-6,8-9H,1,7,10H2. The highest BCUT2D eigenvalue weighted by Crippen LogP contribution is 2.35. The van der Waals surface area contributed by atoms with Gasteiger partial charge in [0.15, 0.2) is 11.5 Å². The number of imide groups is 1. The Labute approximate surface area is 148 Å². The predicted octanol–water partition coefficient (Wildman–Crippen LogP) is 2.42. The van der Waals surface area contributed by atoms with Crippen LogP contribution in [0.1, 0.15) is 31.1 Å². The topological polar surface area (TPSA) is 82.1 Å². The van der Waals surface area contributed by atoms with Gasteiger partial charge in [-0.05, 0) is 30.3 Å². The van der Waals surface area contributed by atoms with Crippen molar-refractivity contribution < 1.29 is 28.6 Å². The summed E-state index contributed by atoms with van der Waals surface area (Å²) in [6, 6.07) is 9.05. The van der Waals surface area contributed by atoms with Crippen LogP contribution in [0.5, 0.6) is 17.2 Å². The number of ether oxygens (including phenoxy) is 3. The summed E-state index contributed by atoms with van der Waals surface area (Å²) < 4.78 is 15.8. The highest BCUT2D eigenvalue weighted by Gasteiger charge is 2.35. The number of hydrogen-bond donors (Lipinski definition) is 0. The summed E-state index contributed by atoms with van der Waals surface area (Å²) in [4.78, 5) is 38.0. The molecule has 0 radical (unpaired) electrons. The number of benzene rings is 2. The maximum absolute atomic E-state index is 12.4. The third-order valence-electron chi connectivity index (χ3n) is 4.07. The van der Waals surface area contributed by atoms with Crippen molar-refractivity contribution >= 4 is 17.8 Å². The molecule has 4 rings (SSSR count). The van der Waals surface area contributed by atoms with Crippen molar-refractivity contribution in [3.8, 4) is 17.2 Å². The number of esters is 1. The molecule has 0 bridgehead atoms. The van der Waals surface area contributed by atoms with Gasteiger partial charge in [0.1, 0.15) is 5.75 Å². The molecule has 0 spiro atoms. The highest BCUT2D eigenvalue weighted by molar-refractivity contribution is 6.22. The van der Waals surface area contributed by atoms with E-state index in [9.17, 15) is 14.4 Å². The fraction of sp³-hybridized carbons (Fsp3) is 0.105. The minimum atomic E-state index is -0.644. The van der Waals surface area contributed by atoms with Crippen molar-refractivity contribution in [3.05, 3.63) is 65.7 Å². The van der Waals surface area contributed by atoms with Gasteiger partial charge in [0.05, 0.1) is 16.7 Å². The molecule has 2 amide bonds. The van der Waals surface area contributed by atoms with Crippen LogP contribution in [-0.4, -0.2) is 36.0 Å². The summed E-state index contributed by atoms with van der Waals surface area (Å²) >= 11 is 0. The summed E-state index contributed by atoms with van der Waals surface area (Å²) in [6.45, 7) is 3.77. The van der Waals surface area contributed by atoms with E-state index < -0.39 is 17.8 Å². The third-order valence-corrected chi connectivity index (χ3v) is 4.07. The molecule has 7 nitrogen and oxygen atoms in total. The quantitative estimate of drug-likeness (QED) is 0.364. The van der Waals surface area contributed by atoms with Crippen LogP contribution < -0.4 is 14.2 Å². The predicted molar refractivity (Wildman–Crippen MR) is 89.5 cm³/mol. The number of carbonyl (C=O) groups excluding carboxylic acids is 3. The Balaban J connectivity index is 1.58. The molecule has 0 saturated heterocycles. The zero-order chi connectivity index (χ0) is 18.3. The first-order chi connectivity index (χ1) is 12.6. The minimum absolute atomic E-state index is 0.114. The van der Waals surface area contributed by atoms with Gasteiger partial charge < -0.3 is 14.2 Å². The average molecular weight is 351 g/mol. The molecule has 2 heterocycles.